The van der Waals surface area contributed by atoms with Crippen LogP contribution in [0, 0.1) is 11.3 Å². The molecule has 3 heterocycles. The summed E-state index contributed by atoms with van der Waals surface area (Å²) in [6.07, 6.45) is 7.37. The molecule has 4 aromatic rings. The van der Waals surface area contributed by atoms with E-state index in [0.717, 1.165) is 48.2 Å². The number of carbonyl (C=O) groups is 2. The quantitative estimate of drug-likeness (QED) is 0.302. The lowest BCUT2D eigenvalue weighted by Crippen LogP contribution is -2.35. The van der Waals surface area contributed by atoms with Crippen molar-refractivity contribution in [1.29, 1.82) is 5.26 Å². The molecule has 1 aliphatic heterocycles. The monoisotopic (exact) mass is 547 g/mol. The average molecular weight is 548 g/mol. The number of carbonyl (C=O) groups excluding carboxylic acids is 2. The van der Waals surface area contributed by atoms with Crippen molar-refractivity contribution >= 4 is 17.6 Å². The number of rotatable bonds is 10. The van der Waals surface area contributed by atoms with E-state index < -0.39 is 6.04 Å². The van der Waals surface area contributed by atoms with Crippen molar-refractivity contribution in [2.45, 2.75) is 38.3 Å². The Kier molecular flexibility index (Phi) is 8.82. The van der Waals surface area contributed by atoms with E-state index in [4.69, 9.17) is 5.26 Å². The van der Waals surface area contributed by atoms with Crippen molar-refractivity contribution in [3.8, 4) is 17.2 Å². The van der Waals surface area contributed by atoms with E-state index in [1.54, 1.807) is 23.1 Å². The Balaban J connectivity index is 1.22. The van der Waals surface area contributed by atoms with Crippen LogP contribution in [0.4, 0.5) is 5.82 Å². The maximum Gasteiger partial charge on any atom is 0.247 e. The Morgan fingerprint density at radius 1 is 0.951 bits per heavy atom. The van der Waals surface area contributed by atoms with Gasteiger partial charge in [0.25, 0.3) is 0 Å². The second kappa shape index (κ2) is 13.0. The van der Waals surface area contributed by atoms with Gasteiger partial charge in [-0.15, -0.1) is 0 Å². The molecule has 0 spiro atoms. The highest BCUT2D eigenvalue weighted by Gasteiger charge is 2.22. The van der Waals surface area contributed by atoms with Crippen LogP contribution < -0.4 is 10.6 Å². The molecule has 1 unspecified atom stereocenters. The zero-order valence-corrected chi connectivity index (χ0v) is 23.0. The van der Waals surface area contributed by atoms with Crippen molar-refractivity contribution in [2.75, 3.05) is 25.0 Å². The predicted octanol–water partition coefficient (Wildman–Crippen LogP) is 4.51. The number of benzene rings is 2. The fourth-order valence-corrected chi connectivity index (χ4v) is 4.95. The number of hydrogen-bond donors (Lipinski definition) is 2. The first-order chi connectivity index (χ1) is 20.0. The minimum Gasteiger partial charge on any atom is -0.341 e. The zero-order chi connectivity index (χ0) is 28.6. The maximum absolute atomic E-state index is 13.4. The van der Waals surface area contributed by atoms with E-state index in [0.29, 0.717) is 17.9 Å². The molecule has 0 radical (unpaired) electrons. The predicted molar refractivity (Wildman–Crippen MR) is 157 cm³/mol. The summed E-state index contributed by atoms with van der Waals surface area (Å²) in [5, 5.41) is 19.8. The summed E-state index contributed by atoms with van der Waals surface area (Å²) in [5.41, 5.74) is 4.26. The van der Waals surface area contributed by atoms with Gasteiger partial charge in [-0.25, -0.2) is 4.98 Å². The molecular formula is C32H33N7O2. The number of nitrogens with one attached hydrogen (secondary N) is 2. The van der Waals surface area contributed by atoms with Crippen molar-refractivity contribution < 1.29 is 9.59 Å². The van der Waals surface area contributed by atoms with Crippen molar-refractivity contribution in [3.63, 3.8) is 0 Å². The maximum atomic E-state index is 13.4. The molecule has 208 valence electrons. The Hall–Kier alpha value is -4.81. The average Bonchev–Trinajstić information content (AvgIpc) is 3.71. The van der Waals surface area contributed by atoms with Crippen LogP contribution in [0.15, 0.2) is 85.3 Å². The first-order valence-corrected chi connectivity index (χ1v) is 13.9. The van der Waals surface area contributed by atoms with E-state index in [9.17, 15) is 9.59 Å². The van der Waals surface area contributed by atoms with Crippen LogP contribution in [0.1, 0.15) is 48.4 Å². The molecule has 0 bridgehead atoms. The summed E-state index contributed by atoms with van der Waals surface area (Å²) in [4.78, 5) is 32.2. The molecule has 9 heteroatoms. The molecular weight excluding hydrogens is 514 g/mol. The van der Waals surface area contributed by atoms with E-state index in [1.165, 1.54) is 0 Å². The molecule has 2 aromatic heterocycles. The van der Waals surface area contributed by atoms with Gasteiger partial charge in [0.05, 0.1) is 17.8 Å². The Bertz CT molecular complexity index is 1500. The number of anilines is 1. The van der Waals surface area contributed by atoms with Gasteiger partial charge in [-0.3, -0.25) is 14.3 Å². The number of hydrogen-bond acceptors (Lipinski definition) is 6. The first-order valence-electron chi connectivity index (χ1n) is 13.9. The first kappa shape index (κ1) is 27.7. The summed E-state index contributed by atoms with van der Waals surface area (Å²) in [7, 11) is 0. The Morgan fingerprint density at radius 3 is 2.39 bits per heavy atom. The van der Waals surface area contributed by atoms with Gasteiger partial charge in [-0.2, -0.15) is 10.4 Å². The number of amides is 2. The molecule has 1 saturated heterocycles. The summed E-state index contributed by atoms with van der Waals surface area (Å²) < 4.78 is 1.65. The van der Waals surface area contributed by atoms with Crippen molar-refractivity contribution in [1.82, 2.24) is 25.0 Å². The van der Waals surface area contributed by atoms with Crippen LogP contribution in [0.3, 0.4) is 0 Å². The summed E-state index contributed by atoms with van der Waals surface area (Å²) in [6, 6.07) is 22.3. The van der Waals surface area contributed by atoms with Gasteiger partial charge in [-0.05, 0) is 54.2 Å². The molecule has 1 aliphatic rings. The minimum absolute atomic E-state index is 0.0845. The van der Waals surface area contributed by atoms with Gasteiger partial charge >= 0.3 is 0 Å². The van der Waals surface area contributed by atoms with E-state index in [-0.39, 0.29) is 24.3 Å². The molecule has 5 rings (SSSR count). The highest BCUT2D eigenvalue weighted by molar-refractivity contribution is 5.95. The second-order valence-corrected chi connectivity index (χ2v) is 10.3. The van der Waals surface area contributed by atoms with Crippen molar-refractivity contribution in [2.24, 2.45) is 0 Å². The molecule has 2 aromatic carbocycles. The Morgan fingerprint density at radius 2 is 1.71 bits per heavy atom. The van der Waals surface area contributed by atoms with Gasteiger partial charge in [0, 0.05) is 43.2 Å². The fraction of sp³-hybridized carbons (Fsp3) is 0.281. The Labute approximate surface area is 239 Å². The summed E-state index contributed by atoms with van der Waals surface area (Å²) in [6.45, 7) is 4.51. The van der Waals surface area contributed by atoms with Gasteiger partial charge in [-0.1, -0.05) is 49.4 Å². The van der Waals surface area contributed by atoms with E-state index >= 15 is 0 Å². The second-order valence-electron chi connectivity index (χ2n) is 10.3. The van der Waals surface area contributed by atoms with Crippen molar-refractivity contribution in [3.05, 3.63) is 102 Å². The molecule has 2 atom stereocenters. The standard InChI is InChI=1S/C32H33N7O2/c1-23(25-11-9-24(17-33)10-12-25)18-35-31(26-7-3-2-4-8-26)32(41)37-29-14-13-27(19-34-29)28-20-36-39(21-28)22-30(40)38-15-5-6-16-38/h2-4,7-14,19-21,23,31,35H,5-6,15-16,18,22H2,1H3,(H,34,37,41)/t23?,31-/m0/s1. The van der Waals surface area contributed by atoms with Crippen LogP contribution in [0.5, 0.6) is 0 Å². The van der Waals surface area contributed by atoms with E-state index in [2.05, 4.69) is 33.7 Å². The highest BCUT2D eigenvalue weighted by Crippen LogP contribution is 2.22. The third kappa shape index (κ3) is 7.04. The molecule has 0 aliphatic carbocycles. The SMILES string of the molecule is CC(CN[C@H](C(=O)Nc1ccc(-c2cnn(CC(=O)N3CCCC3)c2)cn1)c1ccccc1)c1ccc(C#N)cc1. The molecule has 0 saturated carbocycles. The number of aromatic nitrogens is 3. The highest BCUT2D eigenvalue weighted by atomic mass is 16.2. The molecule has 9 nitrogen and oxygen atoms in total. The van der Waals surface area contributed by atoms with Gasteiger partial charge < -0.3 is 15.5 Å². The molecule has 1 fully saturated rings. The van der Waals surface area contributed by atoms with Gasteiger partial charge in [0.1, 0.15) is 18.4 Å². The van der Waals surface area contributed by atoms with Crippen LogP contribution in [0.25, 0.3) is 11.1 Å². The largest absolute Gasteiger partial charge is 0.341 e. The topological polar surface area (TPSA) is 116 Å². The zero-order valence-electron chi connectivity index (χ0n) is 23.0. The lowest BCUT2D eigenvalue weighted by molar-refractivity contribution is -0.131. The van der Waals surface area contributed by atoms with Crippen LogP contribution in [-0.4, -0.2) is 51.1 Å². The normalized spacial score (nSPS) is 14.3. The lowest BCUT2D eigenvalue weighted by atomic mass is 9.98. The smallest absolute Gasteiger partial charge is 0.247 e. The third-order valence-corrected chi connectivity index (χ3v) is 7.37. The number of pyridine rings is 1. The summed E-state index contributed by atoms with van der Waals surface area (Å²) in [5.74, 6) is 0.446. The molecule has 2 amide bonds. The van der Waals surface area contributed by atoms with Crippen LogP contribution in [-0.2, 0) is 16.1 Å². The minimum atomic E-state index is -0.579. The molecule has 41 heavy (non-hydrogen) atoms. The number of nitriles is 1. The van der Waals surface area contributed by atoms with E-state index in [1.807, 2.05) is 71.8 Å². The third-order valence-electron chi connectivity index (χ3n) is 7.37. The molecule has 2 N–H and O–H groups in total. The fourth-order valence-electron chi connectivity index (χ4n) is 4.95. The van der Waals surface area contributed by atoms with Crippen LogP contribution in [0.2, 0.25) is 0 Å². The number of likely N-dealkylation sites (tertiary alicyclic amines) is 1. The van der Waals surface area contributed by atoms with Gasteiger partial charge in [0.2, 0.25) is 11.8 Å². The van der Waals surface area contributed by atoms with Gasteiger partial charge in [0.15, 0.2) is 0 Å². The lowest BCUT2D eigenvalue weighted by Gasteiger charge is -2.21. The van der Waals surface area contributed by atoms with Crippen LogP contribution >= 0.6 is 0 Å². The number of nitrogens with zero attached hydrogens (tertiary/aromatic N) is 5. The summed E-state index contributed by atoms with van der Waals surface area (Å²) >= 11 is 0.